The molecule has 0 aliphatic heterocycles. The molecule has 0 unspecified atom stereocenters. The van der Waals surface area contributed by atoms with Crippen LogP contribution in [-0.2, 0) is 23.6 Å². The fourth-order valence-electron chi connectivity index (χ4n) is 2.00. The van der Waals surface area contributed by atoms with E-state index >= 15 is 0 Å². The van der Waals surface area contributed by atoms with E-state index in [-0.39, 0.29) is 10.8 Å². The number of sulfonamides is 1. The first-order valence-electron chi connectivity index (χ1n) is 6.62. The monoisotopic (exact) mass is 412 g/mol. The molecule has 120 valence electrons. The summed E-state index contributed by atoms with van der Waals surface area (Å²) in [7, 11) is -1.68. The van der Waals surface area contributed by atoms with Crippen molar-refractivity contribution in [2.75, 3.05) is 0 Å². The maximum atomic E-state index is 12.2. The molecule has 0 spiro atoms. The molecule has 0 bridgehead atoms. The number of halogens is 1. The predicted octanol–water partition coefficient (Wildman–Crippen LogP) is 2.78. The van der Waals surface area contributed by atoms with Crippen molar-refractivity contribution in [1.29, 1.82) is 0 Å². The summed E-state index contributed by atoms with van der Waals surface area (Å²) in [4.78, 5) is 4.17. The molecule has 0 amide bonds. The highest BCUT2D eigenvalue weighted by Crippen LogP contribution is 2.26. The second-order valence-electron chi connectivity index (χ2n) is 4.87. The van der Waals surface area contributed by atoms with Gasteiger partial charge in [-0.05, 0) is 39.7 Å². The summed E-state index contributed by atoms with van der Waals surface area (Å²) in [6.45, 7) is 0.180. The third-order valence-corrected chi connectivity index (χ3v) is 6.63. The van der Waals surface area contributed by atoms with Gasteiger partial charge in [-0.25, -0.2) is 13.1 Å². The number of thiophene rings is 1. The normalized spacial score (nSPS) is 11.7. The van der Waals surface area contributed by atoms with E-state index in [1.165, 1.54) is 11.3 Å². The molecule has 0 aromatic carbocycles. The Kier molecular flexibility index (Phi) is 4.62. The molecule has 0 saturated carbocycles. The number of nitrogens with zero attached hydrogens (tertiary/aromatic N) is 3. The Morgan fingerprint density at radius 1 is 1.26 bits per heavy atom. The van der Waals surface area contributed by atoms with Crippen LogP contribution in [0.5, 0.6) is 0 Å². The van der Waals surface area contributed by atoms with Crippen LogP contribution in [0.1, 0.15) is 5.56 Å². The fraction of sp³-hybridized carbons (Fsp3) is 0.143. The molecule has 3 aromatic rings. The number of aryl methyl sites for hydroxylation is 1. The zero-order valence-corrected chi connectivity index (χ0v) is 15.3. The third kappa shape index (κ3) is 3.86. The number of nitrogens with one attached hydrogen (secondary N) is 1. The number of hydrogen-bond donors (Lipinski definition) is 1. The maximum Gasteiger partial charge on any atom is 0.250 e. The Morgan fingerprint density at radius 3 is 2.74 bits per heavy atom. The highest BCUT2D eigenvalue weighted by Gasteiger charge is 2.16. The van der Waals surface area contributed by atoms with Crippen LogP contribution in [0.4, 0.5) is 0 Å². The molecule has 1 N–H and O–H groups in total. The van der Waals surface area contributed by atoms with Gasteiger partial charge in [0.15, 0.2) is 0 Å². The molecule has 0 aliphatic carbocycles. The number of pyridine rings is 1. The Bertz CT molecular complexity index is 934. The van der Waals surface area contributed by atoms with Crippen molar-refractivity contribution in [3.63, 3.8) is 0 Å². The van der Waals surface area contributed by atoms with Gasteiger partial charge in [0.2, 0.25) is 10.0 Å². The fourth-order valence-corrected chi connectivity index (χ4v) is 5.08. The average molecular weight is 413 g/mol. The Balaban J connectivity index is 1.76. The van der Waals surface area contributed by atoms with Gasteiger partial charge in [0.05, 0.1) is 9.98 Å². The van der Waals surface area contributed by atoms with Gasteiger partial charge in [-0.3, -0.25) is 9.67 Å². The van der Waals surface area contributed by atoms with Crippen LogP contribution in [-0.4, -0.2) is 23.2 Å². The van der Waals surface area contributed by atoms with Crippen LogP contribution >= 0.6 is 27.3 Å². The van der Waals surface area contributed by atoms with Crippen LogP contribution in [0.3, 0.4) is 0 Å². The summed E-state index contributed by atoms with van der Waals surface area (Å²) >= 11 is 4.44. The molecule has 0 fully saturated rings. The van der Waals surface area contributed by atoms with Gasteiger partial charge >= 0.3 is 0 Å². The van der Waals surface area contributed by atoms with Crippen molar-refractivity contribution >= 4 is 37.3 Å². The summed E-state index contributed by atoms with van der Waals surface area (Å²) in [5.41, 5.74) is 2.62. The lowest BCUT2D eigenvalue weighted by Gasteiger charge is -2.06. The van der Waals surface area contributed by atoms with Crippen LogP contribution < -0.4 is 4.72 Å². The molecule has 23 heavy (non-hydrogen) atoms. The van der Waals surface area contributed by atoms with E-state index in [4.69, 9.17) is 0 Å². The van der Waals surface area contributed by atoms with Gasteiger partial charge in [0.25, 0.3) is 0 Å². The summed E-state index contributed by atoms with van der Waals surface area (Å²) < 4.78 is 29.8. The lowest BCUT2D eigenvalue weighted by atomic mass is 10.1. The first-order chi connectivity index (χ1) is 10.9. The van der Waals surface area contributed by atoms with E-state index in [9.17, 15) is 8.42 Å². The van der Waals surface area contributed by atoms with Crippen LogP contribution in [0.2, 0.25) is 0 Å². The Hall–Kier alpha value is -1.55. The largest absolute Gasteiger partial charge is 0.275 e. The molecular weight excluding hydrogens is 400 g/mol. The van der Waals surface area contributed by atoms with Crippen LogP contribution in [0, 0.1) is 0 Å². The Labute approximate surface area is 146 Å². The maximum absolute atomic E-state index is 12.2. The highest BCUT2D eigenvalue weighted by atomic mass is 79.9. The zero-order chi connectivity index (χ0) is 16.4. The summed E-state index contributed by atoms with van der Waals surface area (Å²) in [6, 6.07) is 5.18. The summed E-state index contributed by atoms with van der Waals surface area (Å²) in [5, 5.41) is 4.12. The van der Waals surface area contributed by atoms with Crippen LogP contribution in [0.25, 0.3) is 11.1 Å². The molecule has 0 saturated heterocycles. The van der Waals surface area contributed by atoms with E-state index in [1.807, 2.05) is 19.3 Å². The van der Waals surface area contributed by atoms with Gasteiger partial charge in [-0.1, -0.05) is 0 Å². The Morgan fingerprint density at radius 2 is 2.09 bits per heavy atom. The van der Waals surface area contributed by atoms with E-state index in [0.29, 0.717) is 0 Å². The van der Waals surface area contributed by atoms with E-state index in [2.05, 4.69) is 30.7 Å². The van der Waals surface area contributed by atoms with E-state index in [1.54, 1.807) is 35.4 Å². The van der Waals surface area contributed by atoms with Crippen molar-refractivity contribution < 1.29 is 8.42 Å². The molecule has 0 atom stereocenters. The molecular formula is C14H13BrN4O2S2. The van der Waals surface area contributed by atoms with Gasteiger partial charge in [0, 0.05) is 43.3 Å². The second-order valence-corrected chi connectivity index (χ2v) is 9.32. The first-order valence-corrected chi connectivity index (χ1v) is 9.71. The summed E-state index contributed by atoms with van der Waals surface area (Å²) in [5.74, 6) is 0. The number of hydrogen-bond acceptors (Lipinski definition) is 5. The van der Waals surface area contributed by atoms with Crippen molar-refractivity contribution in [2.24, 2.45) is 7.05 Å². The lowest BCUT2D eigenvalue weighted by Crippen LogP contribution is -2.22. The quantitative estimate of drug-likeness (QED) is 0.698. The highest BCUT2D eigenvalue weighted by molar-refractivity contribution is 9.11. The van der Waals surface area contributed by atoms with E-state index in [0.717, 1.165) is 20.5 Å². The number of aromatic nitrogens is 3. The first kappa shape index (κ1) is 16.3. The number of rotatable bonds is 5. The molecule has 3 aromatic heterocycles. The van der Waals surface area contributed by atoms with Crippen molar-refractivity contribution in [1.82, 2.24) is 19.5 Å². The predicted molar refractivity (Wildman–Crippen MR) is 92.5 cm³/mol. The second kappa shape index (κ2) is 6.52. The van der Waals surface area contributed by atoms with Gasteiger partial charge in [-0.15, -0.1) is 11.3 Å². The van der Waals surface area contributed by atoms with Gasteiger partial charge in [0.1, 0.15) is 4.21 Å². The molecule has 3 rings (SSSR count). The topological polar surface area (TPSA) is 76.9 Å². The smallest absolute Gasteiger partial charge is 0.250 e. The minimum absolute atomic E-state index is 0.180. The van der Waals surface area contributed by atoms with Gasteiger partial charge < -0.3 is 0 Å². The third-order valence-electron chi connectivity index (χ3n) is 3.11. The van der Waals surface area contributed by atoms with Crippen molar-refractivity contribution in [3.05, 3.63) is 52.3 Å². The zero-order valence-electron chi connectivity index (χ0n) is 12.1. The van der Waals surface area contributed by atoms with E-state index < -0.39 is 10.0 Å². The van der Waals surface area contributed by atoms with Gasteiger partial charge in [-0.2, -0.15) is 5.10 Å². The van der Waals surface area contributed by atoms with Crippen molar-refractivity contribution in [2.45, 2.75) is 10.8 Å². The lowest BCUT2D eigenvalue weighted by molar-refractivity contribution is 0.583. The molecule has 0 radical (unpaired) electrons. The molecule has 0 aliphatic rings. The minimum atomic E-state index is -3.52. The molecule has 6 nitrogen and oxygen atoms in total. The minimum Gasteiger partial charge on any atom is -0.275 e. The summed E-state index contributed by atoms with van der Waals surface area (Å²) in [6.07, 6.45) is 7.00. The SMILES string of the molecule is Cn1cc(-c2cncc(CNS(=O)(=O)c3ccc(Br)s3)c2)cn1. The standard InChI is InChI=1S/C14H13BrN4O2S2/c1-19-9-12(8-17-19)11-4-10(5-16-7-11)6-18-23(20,21)14-3-2-13(15)22-14/h2-5,7-9,18H,6H2,1H3. The molecule has 9 heteroatoms. The van der Waals surface area contributed by atoms with Crippen LogP contribution in [0.15, 0.2) is 51.0 Å². The molecule has 3 heterocycles. The average Bonchev–Trinajstić information content (AvgIpc) is 3.15. The van der Waals surface area contributed by atoms with Crippen molar-refractivity contribution in [3.8, 4) is 11.1 Å².